The first-order valence-corrected chi connectivity index (χ1v) is 9.29. The molecule has 3 N–H and O–H groups in total. The quantitative estimate of drug-likeness (QED) is 0.423. The summed E-state index contributed by atoms with van der Waals surface area (Å²) >= 11 is 1.78. The molecule has 1 aromatic heterocycles. The van der Waals surface area contributed by atoms with Crippen molar-refractivity contribution in [1.29, 1.82) is 0 Å². The number of nitrogens with one attached hydrogen (secondary N) is 1. The number of aromatic nitrogens is 1. The van der Waals surface area contributed by atoms with Crippen LogP contribution in [0.1, 0.15) is 28.9 Å². The van der Waals surface area contributed by atoms with Crippen LogP contribution in [0.5, 0.6) is 0 Å². The summed E-state index contributed by atoms with van der Waals surface area (Å²) < 4.78 is 5.34. The minimum atomic E-state index is 0.538. The molecule has 0 aromatic carbocycles. The number of thiazole rings is 1. The van der Waals surface area contributed by atoms with Gasteiger partial charge in [0.05, 0.1) is 23.9 Å². The fourth-order valence-corrected chi connectivity index (χ4v) is 3.62. The zero-order valence-electron chi connectivity index (χ0n) is 14.3. The summed E-state index contributed by atoms with van der Waals surface area (Å²) in [5.41, 5.74) is 7.12. The van der Waals surface area contributed by atoms with Gasteiger partial charge in [-0.25, -0.2) is 4.98 Å². The molecule has 1 aliphatic heterocycles. The molecular weight excluding hydrogens is 310 g/mol. The van der Waals surface area contributed by atoms with Crippen LogP contribution in [0.4, 0.5) is 0 Å². The average molecular weight is 340 g/mol. The smallest absolute Gasteiger partial charge is 0.188 e. The van der Waals surface area contributed by atoms with Crippen molar-refractivity contribution in [2.24, 2.45) is 10.7 Å². The van der Waals surface area contributed by atoms with Gasteiger partial charge < -0.3 is 15.8 Å². The van der Waals surface area contributed by atoms with E-state index in [1.54, 1.807) is 11.3 Å². The van der Waals surface area contributed by atoms with Gasteiger partial charge in [-0.15, -0.1) is 11.3 Å². The molecule has 0 atom stereocenters. The maximum absolute atomic E-state index is 5.91. The first kappa shape index (κ1) is 18.2. The first-order valence-electron chi connectivity index (χ1n) is 8.48. The third-order valence-corrected chi connectivity index (χ3v) is 5.01. The fourth-order valence-electron chi connectivity index (χ4n) is 2.59. The summed E-state index contributed by atoms with van der Waals surface area (Å²) in [5, 5.41) is 4.35. The van der Waals surface area contributed by atoms with E-state index < -0.39 is 0 Å². The van der Waals surface area contributed by atoms with Crippen molar-refractivity contribution in [3.63, 3.8) is 0 Å². The number of morpholine rings is 1. The molecule has 0 unspecified atom stereocenters. The van der Waals surface area contributed by atoms with E-state index in [0.717, 1.165) is 65.2 Å². The number of ether oxygens (including phenoxy) is 1. The Hall–Kier alpha value is -1.18. The Kier molecular flexibility index (Phi) is 7.78. The number of guanidine groups is 1. The lowest BCUT2D eigenvalue weighted by molar-refractivity contribution is 0.0377. The highest BCUT2D eigenvalue weighted by Crippen LogP contribution is 2.17. The van der Waals surface area contributed by atoms with Gasteiger partial charge >= 0.3 is 0 Å². The van der Waals surface area contributed by atoms with Crippen LogP contribution < -0.4 is 11.1 Å². The van der Waals surface area contributed by atoms with E-state index in [2.05, 4.69) is 34.0 Å². The molecule has 2 heterocycles. The maximum Gasteiger partial charge on any atom is 0.188 e. The Balaban J connectivity index is 1.58. The summed E-state index contributed by atoms with van der Waals surface area (Å²) in [6, 6.07) is 0. The van der Waals surface area contributed by atoms with E-state index in [1.165, 1.54) is 15.6 Å². The molecule has 1 saturated heterocycles. The SMILES string of the molecule is CCc1nc(CCNC(N)=NCCCN2CCOCC2)sc1C. The first-order chi connectivity index (χ1) is 11.2. The lowest BCUT2D eigenvalue weighted by atomic mass is 10.3. The van der Waals surface area contributed by atoms with Gasteiger partial charge in [0, 0.05) is 44.0 Å². The molecule has 1 aliphatic rings. The van der Waals surface area contributed by atoms with Crippen LogP contribution in [0, 0.1) is 6.92 Å². The van der Waals surface area contributed by atoms with Crippen LogP contribution in [-0.2, 0) is 17.6 Å². The molecule has 6 nitrogen and oxygen atoms in total. The van der Waals surface area contributed by atoms with Crippen LogP contribution in [0.25, 0.3) is 0 Å². The normalized spacial score (nSPS) is 16.7. The van der Waals surface area contributed by atoms with Gasteiger partial charge in [-0.3, -0.25) is 9.89 Å². The number of nitrogens with zero attached hydrogens (tertiary/aromatic N) is 3. The Bertz CT molecular complexity index is 497. The topological polar surface area (TPSA) is 75.8 Å². The molecule has 0 spiro atoms. The van der Waals surface area contributed by atoms with Gasteiger partial charge in [0.25, 0.3) is 0 Å². The molecule has 2 rings (SSSR count). The van der Waals surface area contributed by atoms with E-state index in [9.17, 15) is 0 Å². The maximum atomic E-state index is 5.91. The average Bonchev–Trinajstić information content (AvgIpc) is 2.92. The molecule has 0 bridgehead atoms. The number of hydrogen-bond donors (Lipinski definition) is 2. The van der Waals surface area contributed by atoms with Crippen LogP contribution in [-0.4, -0.2) is 61.8 Å². The minimum Gasteiger partial charge on any atom is -0.379 e. The van der Waals surface area contributed by atoms with Gasteiger partial charge in [-0.1, -0.05) is 6.92 Å². The highest BCUT2D eigenvalue weighted by molar-refractivity contribution is 7.11. The van der Waals surface area contributed by atoms with Crippen molar-refractivity contribution in [2.75, 3.05) is 45.9 Å². The molecule has 0 aliphatic carbocycles. The second kappa shape index (κ2) is 9.85. The molecule has 7 heteroatoms. The molecule has 130 valence electrons. The Morgan fingerprint density at radius 2 is 2.22 bits per heavy atom. The van der Waals surface area contributed by atoms with Crippen molar-refractivity contribution in [3.05, 3.63) is 15.6 Å². The summed E-state index contributed by atoms with van der Waals surface area (Å²) in [6.07, 6.45) is 2.94. The van der Waals surface area contributed by atoms with Gasteiger partial charge in [-0.2, -0.15) is 0 Å². The lowest BCUT2D eigenvalue weighted by Crippen LogP contribution is -2.37. The van der Waals surface area contributed by atoms with Crippen molar-refractivity contribution in [2.45, 2.75) is 33.1 Å². The van der Waals surface area contributed by atoms with Crippen LogP contribution in [0.3, 0.4) is 0 Å². The Labute approximate surface area is 143 Å². The van der Waals surface area contributed by atoms with Crippen LogP contribution >= 0.6 is 11.3 Å². The zero-order valence-corrected chi connectivity index (χ0v) is 15.1. The third kappa shape index (κ3) is 6.45. The summed E-state index contributed by atoms with van der Waals surface area (Å²) in [7, 11) is 0. The van der Waals surface area contributed by atoms with E-state index >= 15 is 0 Å². The number of nitrogens with two attached hydrogens (primary N) is 1. The predicted octanol–water partition coefficient (Wildman–Crippen LogP) is 1.18. The number of hydrogen-bond acceptors (Lipinski definition) is 5. The van der Waals surface area contributed by atoms with Gasteiger partial charge in [0.15, 0.2) is 5.96 Å². The van der Waals surface area contributed by atoms with E-state index in [0.29, 0.717) is 5.96 Å². The largest absolute Gasteiger partial charge is 0.379 e. The second-order valence-corrected chi connectivity index (χ2v) is 7.00. The number of aliphatic imine (C=N–C) groups is 1. The number of rotatable bonds is 8. The monoisotopic (exact) mass is 339 g/mol. The molecular formula is C16H29N5OS. The molecule has 0 radical (unpaired) electrons. The standard InChI is InChI=1S/C16H29N5OS/c1-3-14-13(2)23-15(20-14)5-7-19-16(17)18-6-4-8-21-9-11-22-12-10-21/h3-12H2,1-2H3,(H3,17,18,19). The van der Waals surface area contributed by atoms with Crippen molar-refractivity contribution in [3.8, 4) is 0 Å². The van der Waals surface area contributed by atoms with Crippen LogP contribution in [0.2, 0.25) is 0 Å². The molecule has 23 heavy (non-hydrogen) atoms. The van der Waals surface area contributed by atoms with E-state index in [1.807, 2.05) is 0 Å². The van der Waals surface area contributed by atoms with Gasteiger partial charge in [-0.05, 0) is 19.8 Å². The van der Waals surface area contributed by atoms with E-state index in [4.69, 9.17) is 10.5 Å². The Morgan fingerprint density at radius 3 is 2.91 bits per heavy atom. The zero-order chi connectivity index (χ0) is 16.5. The minimum absolute atomic E-state index is 0.538. The Morgan fingerprint density at radius 1 is 1.43 bits per heavy atom. The predicted molar refractivity (Wildman–Crippen MR) is 96.3 cm³/mol. The van der Waals surface area contributed by atoms with Gasteiger partial charge in [0.2, 0.25) is 0 Å². The fraction of sp³-hybridized carbons (Fsp3) is 0.750. The van der Waals surface area contributed by atoms with Crippen molar-refractivity contribution < 1.29 is 4.74 Å². The summed E-state index contributed by atoms with van der Waals surface area (Å²) in [5.74, 6) is 0.538. The number of aryl methyl sites for hydroxylation is 2. The molecule has 1 aromatic rings. The summed E-state index contributed by atoms with van der Waals surface area (Å²) in [6.45, 7) is 10.7. The third-order valence-electron chi connectivity index (χ3n) is 3.94. The molecule has 0 saturated carbocycles. The second-order valence-electron chi connectivity index (χ2n) is 5.72. The summed E-state index contributed by atoms with van der Waals surface area (Å²) in [4.78, 5) is 12.8. The van der Waals surface area contributed by atoms with Crippen molar-refractivity contribution >= 4 is 17.3 Å². The van der Waals surface area contributed by atoms with Crippen molar-refractivity contribution in [1.82, 2.24) is 15.2 Å². The molecule has 1 fully saturated rings. The van der Waals surface area contributed by atoms with Crippen LogP contribution in [0.15, 0.2) is 4.99 Å². The molecule has 0 amide bonds. The van der Waals surface area contributed by atoms with E-state index in [-0.39, 0.29) is 0 Å². The highest BCUT2D eigenvalue weighted by atomic mass is 32.1. The highest BCUT2D eigenvalue weighted by Gasteiger charge is 2.09. The lowest BCUT2D eigenvalue weighted by Gasteiger charge is -2.26. The van der Waals surface area contributed by atoms with Gasteiger partial charge in [0.1, 0.15) is 0 Å².